The lowest BCUT2D eigenvalue weighted by molar-refractivity contribution is -0.201. The Kier molecular flexibility index (Phi) is 5.76. The molecule has 0 aromatic heterocycles. The number of hydrogen-bond acceptors (Lipinski definition) is 5. The summed E-state index contributed by atoms with van der Waals surface area (Å²) < 4.78 is 6.67. The largest absolute Gasteiger partial charge is 0.504 e. The standard InChI is InChI=1S/C30H34Cl2N2O4/c1-2-34(25(36)14-18-5-7-20(31)21(32)13-18)22-9-10-30(37)24-15-19-6-8-23(35)27-26(19)29(30,28(22)38-27)11-12-33(24)16-17-3-4-17/h5-8,13,17,22,24,28,35,37H,2-4,9-12,14-16H2,1H3/t22-,24+,28-,29-,30+/m0/s1. The maximum Gasteiger partial charge on any atom is 0.227 e. The van der Waals surface area contributed by atoms with Gasteiger partial charge in [0.25, 0.3) is 0 Å². The van der Waals surface area contributed by atoms with Crippen LogP contribution in [0.4, 0.5) is 0 Å². The lowest BCUT2D eigenvalue weighted by Gasteiger charge is -2.65. The van der Waals surface area contributed by atoms with Crippen molar-refractivity contribution in [2.75, 3.05) is 19.6 Å². The van der Waals surface area contributed by atoms with Gasteiger partial charge in [-0.05, 0) is 87.2 Å². The van der Waals surface area contributed by atoms with E-state index >= 15 is 0 Å². The number of aromatic hydroxyl groups is 1. The number of aliphatic hydroxyl groups is 1. The Morgan fingerprint density at radius 2 is 1.97 bits per heavy atom. The van der Waals surface area contributed by atoms with Gasteiger partial charge < -0.3 is 19.8 Å². The van der Waals surface area contributed by atoms with Gasteiger partial charge in [0.15, 0.2) is 11.5 Å². The summed E-state index contributed by atoms with van der Waals surface area (Å²) in [5, 5.41) is 24.5. The van der Waals surface area contributed by atoms with Crippen LogP contribution in [0.2, 0.25) is 10.0 Å². The van der Waals surface area contributed by atoms with E-state index in [9.17, 15) is 15.0 Å². The molecule has 0 unspecified atom stereocenters. The fraction of sp³-hybridized carbons (Fsp3) is 0.567. The molecule has 3 aliphatic carbocycles. The van der Waals surface area contributed by atoms with E-state index in [0.29, 0.717) is 35.2 Å². The van der Waals surface area contributed by atoms with Crippen molar-refractivity contribution in [3.05, 3.63) is 57.1 Å². The van der Waals surface area contributed by atoms with Crippen molar-refractivity contribution in [2.45, 2.75) is 81.1 Å². The topological polar surface area (TPSA) is 73.2 Å². The summed E-state index contributed by atoms with van der Waals surface area (Å²) in [6.45, 7) is 4.47. The Hall–Kier alpha value is -1.99. The predicted octanol–water partition coefficient (Wildman–Crippen LogP) is 4.72. The maximum absolute atomic E-state index is 13.7. The van der Waals surface area contributed by atoms with E-state index in [1.807, 2.05) is 24.0 Å². The number of amides is 1. The molecule has 1 saturated heterocycles. The third kappa shape index (κ3) is 3.43. The molecule has 0 radical (unpaired) electrons. The van der Waals surface area contributed by atoms with Crippen LogP contribution in [0.3, 0.4) is 0 Å². The van der Waals surface area contributed by atoms with Crippen LogP contribution in [-0.2, 0) is 23.1 Å². The molecule has 2 aromatic rings. The Morgan fingerprint density at radius 1 is 1.16 bits per heavy atom. The second kappa shape index (κ2) is 8.76. The highest BCUT2D eigenvalue weighted by Gasteiger charge is 2.73. The van der Waals surface area contributed by atoms with Gasteiger partial charge in [-0.3, -0.25) is 9.69 Å². The normalized spacial score (nSPS) is 33.0. The van der Waals surface area contributed by atoms with Gasteiger partial charge in [-0.25, -0.2) is 0 Å². The first kappa shape index (κ1) is 25.0. The quantitative estimate of drug-likeness (QED) is 0.538. The molecular formula is C30H34Cl2N2O4. The lowest BCUT2D eigenvalue weighted by Crippen LogP contribution is -2.78. The zero-order valence-electron chi connectivity index (χ0n) is 21.6. The molecule has 2 bridgehead atoms. The Bertz CT molecular complexity index is 1320. The van der Waals surface area contributed by atoms with Crippen LogP contribution >= 0.6 is 23.2 Å². The molecule has 38 heavy (non-hydrogen) atoms. The smallest absolute Gasteiger partial charge is 0.227 e. The van der Waals surface area contributed by atoms with Gasteiger partial charge in [0.2, 0.25) is 5.91 Å². The molecule has 3 fully saturated rings. The molecule has 2 heterocycles. The molecule has 6 nitrogen and oxygen atoms in total. The van der Waals surface area contributed by atoms with Crippen LogP contribution in [-0.4, -0.2) is 69.3 Å². The highest BCUT2D eigenvalue weighted by molar-refractivity contribution is 6.42. The number of rotatable bonds is 6. The van der Waals surface area contributed by atoms with E-state index in [2.05, 4.69) is 4.90 Å². The molecule has 5 aliphatic rings. The van der Waals surface area contributed by atoms with Crippen LogP contribution in [0.1, 0.15) is 55.7 Å². The van der Waals surface area contributed by atoms with Gasteiger partial charge in [-0.15, -0.1) is 0 Å². The van der Waals surface area contributed by atoms with Gasteiger partial charge in [0.1, 0.15) is 6.10 Å². The summed E-state index contributed by atoms with van der Waals surface area (Å²) in [7, 11) is 0. The number of carbonyl (C=O) groups excluding carboxylic acids is 1. The van der Waals surface area contributed by atoms with E-state index in [1.54, 1.807) is 18.2 Å². The fourth-order valence-corrected chi connectivity index (χ4v) is 8.62. The minimum atomic E-state index is -0.959. The zero-order valence-corrected chi connectivity index (χ0v) is 23.1. The molecule has 1 amide bonds. The molecule has 2 saturated carbocycles. The first-order valence-corrected chi connectivity index (χ1v) is 14.7. The number of piperidine rings is 1. The maximum atomic E-state index is 13.7. The second-order valence-electron chi connectivity index (χ2n) is 12.0. The molecule has 2 N–H and O–H groups in total. The molecule has 7 rings (SSSR count). The number of nitrogens with zero attached hydrogens (tertiary/aromatic N) is 2. The van der Waals surface area contributed by atoms with Crippen molar-refractivity contribution in [1.82, 2.24) is 9.80 Å². The van der Waals surface area contributed by atoms with Crippen LogP contribution in [0.25, 0.3) is 0 Å². The number of likely N-dealkylation sites (tertiary alicyclic amines) is 1. The van der Waals surface area contributed by atoms with E-state index in [1.165, 1.54) is 18.4 Å². The average Bonchev–Trinajstić information content (AvgIpc) is 3.63. The molecule has 5 atom stereocenters. The predicted molar refractivity (Wildman–Crippen MR) is 146 cm³/mol. The zero-order chi connectivity index (χ0) is 26.4. The third-order valence-corrected chi connectivity index (χ3v) is 10.9. The summed E-state index contributed by atoms with van der Waals surface area (Å²) in [5.74, 6) is 1.38. The Morgan fingerprint density at radius 3 is 2.71 bits per heavy atom. The first-order chi connectivity index (χ1) is 18.3. The van der Waals surface area contributed by atoms with Crippen LogP contribution in [0, 0.1) is 5.92 Å². The Balaban J connectivity index is 1.27. The minimum Gasteiger partial charge on any atom is -0.504 e. The van der Waals surface area contributed by atoms with E-state index in [4.69, 9.17) is 27.9 Å². The minimum absolute atomic E-state index is 0.000240. The van der Waals surface area contributed by atoms with Gasteiger partial charge in [-0.2, -0.15) is 0 Å². The summed E-state index contributed by atoms with van der Waals surface area (Å²) in [4.78, 5) is 18.2. The molecule has 202 valence electrons. The van der Waals surface area contributed by atoms with Crippen LogP contribution in [0.5, 0.6) is 11.5 Å². The van der Waals surface area contributed by atoms with Crippen molar-refractivity contribution in [2.24, 2.45) is 5.92 Å². The number of carbonyl (C=O) groups is 1. The Labute approximate surface area is 233 Å². The SMILES string of the molecule is CCN(C(=O)Cc1ccc(Cl)c(Cl)c1)[C@H]1CC[C@@]2(O)[C@H]3Cc4ccc(O)c5c4[C@@]2(CCN3CC2CC2)[C@H]1O5. The molecule has 8 heteroatoms. The van der Waals surface area contributed by atoms with E-state index in [0.717, 1.165) is 43.0 Å². The third-order valence-electron chi connectivity index (χ3n) is 10.1. The van der Waals surface area contributed by atoms with Crippen molar-refractivity contribution in [1.29, 1.82) is 0 Å². The highest BCUT2D eigenvalue weighted by atomic mass is 35.5. The van der Waals surface area contributed by atoms with Crippen molar-refractivity contribution in [3.63, 3.8) is 0 Å². The monoisotopic (exact) mass is 556 g/mol. The summed E-state index contributed by atoms with van der Waals surface area (Å²) in [5.41, 5.74) is 1.38. The highest BCUT2D eigenvalue weighted by Crippen LogP contribution is 2.66. The first-order valence-electron chi connectivity index (χ1n) is 14.0. The molecule has 1 spiro atoms. The summed E-state index contributed by atoms with van der Waals surface area (Å²) >= 11 is 12.3. The van der Waals surface area contributed by atoms with Gasteiger partial charge in [0.05, 0.1) is 33.5 Å². The van der Waals surface area contributed by atoms with Crippen LogP contribution in [0.15, 0.2) is 30.3 Å². The van der Waals surface area contributed by atoms with E-state index in [-0.39, 0.29) is 30.2 Å². The lowest BCUT2D eigenvalue weighted by atomic mass is 9.48. The van der Waals surface area contributed by atoms with Crippen molar-refractivity contribution < 1.29 is 19.7 Å². The molecule has 2 aliphatic heterocycles. The van der Waals surface area contributed by atoms with Crippen molar-refractivity contribution >= 4 is 29.1 Å². The number of ether oxygens (including phenoxy) is 1. The van der Waals surface area contributed by atoms with Gasteiger partial charge >= 0.3 is 0 Å². The number of benzene rings is 2. The van der Waals surface area contributed by atoms with E-state index < -0.39 is 17.1 Å². The van der Waals surface area contributed by atoms with Crippen molar-refractivity contribution in [3.8, 4) is 11.5 Å². The molecule has 2 aromatic carbocycles. The number of likely N-dealkylation sites (N-methyl/N-ethyl adjacent to an activating group) is 1. The number of phenolic OH excluding ortho intramolecular Hbond substituents is 1. The van der Waals surface area contributed by atoms with Crippen LogP contribution < -0.4 is 4.74 Å². The fourth-order valence-electron chi connectivity index (χ4n) is 8.30. The summed E-state index contributed by atoms with van der Waals surface area (Å²) in [6, 6.07) is 8.88. The van der Waals surface area contributed by atoms with Gasteiger partial charge in [0, 0.05) is 24.7 Å². The second-order valence-corrected chi connectivity index (χ2v) is 12.8. The van der Waals surface area contributed by atoms with Gasteiger partial charge in [-0.1, -0.05) is 35.3 Å². The number of hydrogen-bond donors (Lipinski definition) is 2. The molecular weight excluding hydrogens is 523 g/mol. The average molecular weight is 558 g/mol. The summed E-state index contributed by atoms with van der Waals surface area (Å²) in [6.07, 6.45) is 5.15. The number of phenols is 1. The number of halogens is 2.